The van der Waals surface area contributed by atoms with Crippen molar-refractivity contribution in [2.75, 3.05) is 30.1 Å². The van der Waals surface area contributed by atoms with Gasteiger partial charge in [-0.25, -0.2) is 4.79 Å². The van der Waals surface area contributed by atoms with Crippen LogP contribution in [0.5, 0.6) is 0 Å². The van der Waals surface area contributed by atoms with Crippen molar-refractivity contribution < 1.29 is 9.59 Å². The van der Waals surface area contributed by atoms with E-state index in [0.717, 1.165) is 28.8 Å². The van der Waals surface area contributed by atoms with Gasteiger partial charge in [0.25, 0.3) is 0 Å². The van der Waals surface area contributed by atoms with E-state index in [9.17, 15) is 9.59 Å². The predicted octanol–water partition coefficient (Wildman–Crippen LogP) is 3.70. The summed E-state index contributed by atoms with van der Waals surface area (Å²) in [4.78, 5) is 29.6. The van der Waals surface area contributed by atoms with Crippen LogP contribution in [-0.4, -0.2) is 46.9 Å². The highest BCUT2D eigenvalue weighted by Crippen LogP contribution is 2.23. The molecule has 150 valence electrons. The number of aromatic nitrogens is 2. The Labute approximate surface area is 172 Å². The molecule has 2 aromatic rings. The lowest BCUT2D eigenvalue weighted by Crippen LogP contribution is -2.13. The van der Waals surface area contributed by atoms with E-state index in [1.165, 1.54) is 11.8 Å². The first kappa shape index (κ1) is 22.1. The Kier molecular flexibility index (Phi) is 8.20. The van der Waals surface area contributed by atoms with Crippen molar-refractivity contribution in [3.05, 3.63) is 24.3 Å². The third-order valence-electron chi connectivity index (χ3n) is 3.86. The van der Waals surface area contributed by atoms with Crippen molar-refractivity contribution in [3.8, 4) is 11.3 Å². The molecule has 2 amide bonds. The molecule has 0 aliphatic carbocycles. The minimum Gasteiger partial charge on any atom is -0.361 e. The number of carbonyl (C=O) groups excluding carboxylic acids is 2. The van der Waals surface area contributed by atoms with Crippen molar-refractivity contribution in [1.29, 1.82) is 0 Å². The molecule has 1 heterocycles. The number of anilines is 2. The number of aliphatic imine (C=N–C) groups is 1. The van der Waals surface area contributed by atoms with Crippen LogP contribution < -0.4 is 15.5 Å². The Balaban J connectivity index is 2.00. The second-order valence-corrected chi connectivity index (χ2v) is 8.26. The van der Waals surface area contributed by atoms with Crippen LogP contribution in [0, 0.1) is 0 Å². The Hall–Kier alpha value is -2.18. The third kappa shape index (κ3) is 6.46. The molecule has 2 rings (SSSR count). The Morgan fingerprint density at radius 3 is 2.68 bits per heavy atom. The maximum Gasteiger partial charge on any atom is 0.346 e. The van der Waals surface area contributed by atoms with E-state index in [1.54, 1.807) is 6.92 Å². The van der Waals surface area contributed by atoms with Gasteiger partial charge in [-0.05, 0) is 30.8 Å². The number of hydrogen-bond donors (Lipinski definition) is 2. The number of carbonyl (C=O) groups is 2. The summed E-state index contributed by atoms with van der Waals surface area (Å²) < 4.78 is 0. The highest BCUT2D eigenvalue weighted by molar-refractivity contribution is 8.14. The number of H-pyrrole nitrogens is 1. The number of benzene rings is 1. The van der Waals surface area contributed by atoms with Gasteiger partial charge in [0, 0.05) is 37.8 Å². The molecule has 1 unspecified atom stereocenters. The molecule has 1 aromatic heterocycles. The van der Waals surface area contributed by atoms with Crippen LogP contribution in [0.25, 0.3) is 11.3 Å². The summed E-state index contributed by atoms with van der Waals surface area (Å²) >= 11 is 1.29. The zero-order valence-electron chi connectivity index (χ0n) is 16.6. The fourth-order valence-corrected chi connectivity index (χ4v) is 3.40. The van der Waals surface area contributed by atoms with Gasteiger partial charge in [-0.1, -0.05) is 13.0 Å². The SMILES string of the molecule is CCCC(=O)CS/C(C)=N\C(=O)Nc1ccc(-c2cc(N(C)C)n[nH]2)cc1P. The number of Topliss-reactive ketones (excluding diaryl/α,β-unsaturated/α-hetero) is 1. The average Bonchev–Trinajstić information content (AvgIpc) is 3.12. The number of rotatable bonds is 7. The second kappa shape index (κ2) is 10.4. The topological polar surface area (TPSA) is 90.4 Å². The molecule has 7 nitrogen and oxygen atoms in total. The molecule has 2 N–H and O–H groups in total. The Morgan fingerprint density at radius 1 is 1.32 bits per heavy atom. The quantitative estimate of drug-likeness (QED) is 0.406. The fourth-order valence-electron chi connectivity index (χ4n) is 2.39. The van der Waals surface area contributed by atoms with Gasteiger partial charge < -0.3 is 10.2 Å². The van der Waals surface area contributed by atoms with Gasteiger partial charge in [-0.15, -0.1) is 21.0 Å². The standard InChI is InChI=1S/C19H26N5O2PS/c1-5-6-14(25)11-28-12(2)20-19(26)21-15-8-7-13(9-17(15)27)16-10-18(23-22-16)24(3)4/h7-10H,5-6,11,27H2,1-4H3,(H,21,26)(H,22,23)/b20-12-. The van der Waals surface area contributed by atoms with E-state index in [-0.39, 0.29) is 5.78 Å². The fraction of sp³-hybridized carbons (Fsp3) is 0.368. The Morgan fingerprint density at radius 2 is 2.07 bits per heavy atom. The van der Waals surface area contributed by atoms with Crippen LogP contribution in [-0.2, 0) is 4.79 Å². The normalized spacial score (nSPS) is 11.4. The summed E-state index contributed by atoms with van der Waals surface area (Å²) in [6.45, 7) is 3.70. The first-order valence-corrected chi connectivity index (χ1v) is 10.5. The number of thioether (sulfide) groups is 1. The lowest BCUT2D eigenvalue weighted by Gasteiger charge is -2.08. The number of nitrogens with one attached hydrogen (secondary N) is 2. The van der Waals surface area contributed by atoms with Gasteiger partial charge in [0.15, 0.2) is 0 Å². The van der Waals surface area contributed by atoms with Crippen LogP contribution in [0.4, 0.5) is 16.3 Å². The van der Waals surface area contributed by atoms with Crippen molar-refractivity contribution in [2.24, 2.45) is 4.99 Å². The van der Waals surface area contributed by atoms with Crippen LogP contribution in [0.2, 0.25) is 0 Å². The number of amides is 2. The summed E-state index contributed by atoms with van der Waals surface area (Å²) in [5.41, 5.74) is 2.52. The predicted molar refractivity (Wildman–Crippen MR) is 122 cm³/mol. The number of aromatic amines is 1. The maximum atomic E-state index is 12.2. The van der Waals surface area contributed by atoms with Crippen molar-refractivity contribution in [3.63, 3.8) is 0 Å². The maximum absolute atomic E-state index is 12.2. The summed E-state index contributed by atoms with van der Waals surface area (Å²) in [6, 6.07) is 7.19. The highest BCUT2D eigenvalue weighted by Gasteiger charge is 2.09. The van der Waals surface area contributed by atoms with E-state index >= 15 is 0 Å². The lowest BCUT2D eigenvalue weighted by molar-refractivity contribution is -0.116. The molecule has 0 fully saturated rings. The highest BCUT2D eigenvalue weighted by atomic mass is 32.2. The minimum absolute atomic E-state index is 0.168. The van der Waals surface area contributed by atoms with Crippen molar-refractivity contribution in [2.45, 2.75) is 26.7 Å². The monoisotopic (exact) mass is 419 g/mol. The zero-order chi connectivity index (χ0) is 20.7. The van der Waals surface area contributed by atoms with E-state index in [0.29, 0.717) is 22.9 Å². The van der Waals surface area contributed by atoms with Gasteiger partial charge >= 0.3 is 6.03 Å². The van der Waals surface area contributed by atoms with Crippen LogP contribution in [0.3, 0.4) is 0 Å². The summed E-state index contributed by atoms with van der Waals surface area (Å²) in [6.07, 6.45) is 1.39. The average molecular weight is 419 g/mol. The van der Waals surface area contributed by atoms with Crippen LogP contribution in [0.1, 0.15) is 26.7 Å². The summed E-state index contributed by atoms with van der Waals surface area (Å²) in [7, 11) is 6.48. The third-order valence-corrected chi connectivity index (χ3v) is 5.31. The van der Waals surface area contributed by atoms with E-state index < -0.39 is 6.03 Å². The molecule has 9 heteroatoms. The van der Waals surface area contributed by atoms with Gasteiger partial charge in [0.2, 0.25) is 0 Å². The number of hydrogen-bond acceptors (Lipinski definition) is 5. The summed E-state index contributed by atoms with van der Waals surface area (Å²) in [5, 5.41) is 11.4. The van der Waals surface area contributed by atoms with Gasteiger partial charge in [-0.2, -0.15) is 10.1 Å². The second-order valence-electron chi connectivity index (χ2n) is 6.47. The van der Waals surface area contributed by atoms with Crippen LogP contribution in [0.15, 0.2) is 29.3 Å². The molecule has 0 aliphatic heterocycles. The smallest absolute Gasteiger partial charge is 0.346 e. The van der Waals surface area contributed by atoms with Crippen molar-refractivity contribution >= 4 is 54.7 Å². The molecule has 0 saturated heterocycles. The van der Waals surface area contributed by atoms with Crippen LogP contribution >= 0.6 is 21.0 Å². The number of nitrogens with zero attached hydrogens (tertiary/aromatic N) is 3. The van der Waals surface area contributed by atoms with E-state index in [1.807, 2.05) is 50.2 Å². The first-order valence-electron chi connectivity index (χ1n) is 8.93. The molecular formula is C19H26N5O2PS. The zero-order valence-corrected chi connectivity index (χ0v) is 18.5. The molecule has 0 saturated carbocycles. The molecule has 0 radical (unpaired) electrons. The molecule has 1 aromatic carbocycles. The van der Waals surface area contributed by atoms with Gasteiger partial charge in [-0.3, -0.25) is 9.89 Å². The van der Waals surface area contributed by atoms with E-state index in [2.05, 4.69) is 29.7 Å². The minimum atomic E-state index is -0.458. The number of ketones is 1. The van der Waals surface area contributed by atoms with E-state index in [4.69, 9.17) is 0 Å². The molecule has 0 bridgehead atoms. The molecule has 1 atom stereocenters. The Bertz CT molecular complexity index is 879. The summed E-state index contributed by atoms with van der Waals surface area (Å²) in [5.74, 6) is 1.36. The number of urea groups is 1. The van der Waals surface area contributed by atoms with Crippen molar-refractivity contribution in [1.82, 2.24) is 10.2 Å². The van der Waals surface area contributed by atoms with Gasteiger partial charge in [0.05, 0.1) is 16.5 Å². The first-order chi connectivity index (χ1) is 13.3. The largest absolute Gasteiger partial charge is 0.361 e. The molecule has 0 aliphatic rings. The van der Waals surface area contributed by atoms with Gasteiger partial charge in [0.1, 0.15) is 11.6 Å². The molecular weight excluding hydrogens is 393 g/mol. The lowest BCUT2D eigenvalue weighted by atomic mass is 10.1. The molecule has 28 heavy (non-hydrogen) atoms. The molecule has 0 spiro atoms.